The van der Waals surface area contributed by atoms with Crippen molar-refractivity contribution in [3.05, 3.63) is 18.6 Å². The first-order valence-corrected chi connectivity index (χ1v) is 9.76. The molecule has 7 heteroatoms. The van der Waals surface area contributed by atoms with E-state index in [0.29, 0.717) is 5.92 Å². The molecule has 2 aromatic heterocycles. The summed E-state index contributed by atoms with van der Waals surface area (Å²) in [5.74, 6) is 1.60. The zero-order valence-corrected chi connectivity index (χ0v) is 16.7. The smallest absolute Gasteiger partial charge is 0.410 e. The molecule has 0 spiro atoms. The van der Waals surface area contributed by atoms with Crippen LogP contribution in [0.3, 0.4) is 0 Å². The first-order chi connectivity index (χ1) is 12.8. The summed E-state index contributed by atoms with van der Waals surface area (Å²) >= 11 is 0. The van der Waals surface area contributed by atoms with E-state index in [1.807, 2.05) is 37.9 Å². The van der Waals surface area contributed by atoms with Gasteiger partial charge in [0.25, 0.3) is 0 Å². The van der Waals surface area contributed by atoms with Gasteiger partial charge in [-0.3, -0.25) is 0 Å². The van der Waals surface area contributed by atoms with Gasteiger partial charge in [0, 0.05) is 37.8 Å². The number of carbonyl (C=O) groups is 1. The lowest BCUT2D eigenvalue weighted by Crippen LogP contribution is -2.58. The number of carbonyl (C=O) groups excluding carboxylic acids is 1. The molecule has 2 aliphatic heterocycles. The number of rotatable bonds is 1. The largest absolute Gasteiger partial charge is 0.444 e. The highest BCUT2D eigenvalue weighted by Gasteiger charge is 2.45. The van der Waals surface area contributed by atoms with E-state index in [9.17, 15) is 4.79 Å². The van der Waals surface area contributed by atoms with Crippen LogP contribution in [-0.2, 0) is 4.74 Å². The maximum atomic E-state index is 12.6. The predicted molar refractivity (Wildman–Crippen MR) is 105 cm³/mol. The number of H-pyrrole nitrogens is 1. The Balaban J connectivity index is 1.54. The molecule has 1 unspecified atom stereocenters. The molecule has 0 bridgehead atoms. The second kappa shape index (κ2) is 6.39. The van der Waals surface area contributed by atoms with E-state index >= 15 is 0 Å². The van der Waals surface area contributed by atoms with Crippen LogP contribution in [0.2, 0.25) is 0 Å². The minimum atomic E-state index is -0.464. The lowest BCUT2D eigenvalue weighted by atomic mass is 9.68. The van der Waals surface area contributed by atoms with E-state index < -0.39 is 5.60 Å². The minimum absolute atomic E-state index is 0.0288. The number of aromatic nitrogens is 3. The summed E-state index contributed by atoms with van der Waals surface area (Å²) in [6.07, 6.45) is 5.48. The second-order valence-electron chi connectivity index (χ2n) is 9.19. The van der Waals surface area contributed by atoms with Crippen molar-refractivity contribution in [3.8, 4) is 0 Å². The van der Waals surface area contributed by atoms with Gasteiger partial charge in [-0.25, -0.2) is 14.8 Å². The van der Waals surface area contributed by atoms with Gasteiger partial charge >= 0.3 is 6.09 Å². The third-order valence-electron chi connectivity index (χ3n) is 5.87. The lowest BCUT2D eigenvalue weighted by Gasteiger charge is -2.52. The summed E-state index contributed by atoms with van der Waals surface area (Å²) in [7, 11) is 0. The maximum Gasteiger partial charge on any atom is 0.410 e. The molecule has 4 heterocycles. The number of nitrogens with zero attached hydrogens (tertiary/aromatic N) is 4. The van der Waals surface area contributed by atoms with E-state index in [2.05, 4.69) is 26.8 Å². The van der Waals surface area contributed by atoms with Crippen molar-refractivity contribution < 1.29 is 9.53 Å². The average Bonchev–Trinajstić information content (AvgIpc) is 3.07. The van der Waals surface area contributed by atoms with Crippen LogP contribution in [0.4, 0.5) is 10.6 Å². The summed E-state index contributed by atoms with van der Waals surface area (Å²) in [5.41, 5.74) is 0.432. The quantitative estimate of drug-likeness (QED) is 0.831. The fourth-order valence-corrected chi connectivity index (χ4v) is 4.58. The van der Waals surface area contributed by atoms with Crippen LogP contribution in [0.5, 0.6) is 0 Å². The molecule has 2 saturated heterocycles. The number of hydrogen-bond donors (Lipinski definition) is 1. The summed E-state index contributed by atoms with van der Waals surface area (Å²) in [4.78, 5) is 28.9. The Bertz CT molecular complexity index is 842. The van der Waals surface area contributed by atoms with Crippen LogP contribution in [-0.4, -0.2) is 57.7 Å². The van der Waals surface area contributed by atoms with Gasteiger partial charge in [0.2, 0.25) is 0 Å². The number of hydrogen-bond acceptors (Lipinski definition) is 5. The van der Waals surface area contributed by atoms with Gasteiger partial charge in [0.15, 0.2) is 0 Å². The highest BCUT2D eigenvalue weighted by Crippen LogP contribution is 2.43. The van der Waals surface area contributed by atoms with Crippen LogP contribution in [0, 0.1) is 11.3 Å². The van der Waals surface area contributed by atoms with Crippen LogP contribution in [0.25, 0.3) is 11.0 Å². The number of amides is 1. The summed E-state index contributed by atoms with van der Waals surface area (Å²) in [6.45, 7) is 11.4. The molecule has 7 nitrogen and oxygen atoms in total. The normalized spacial score (nSPS) is 26.1. The Hall–Kier alpha value is -2.31. The molecule has 0 radical (unpaired) electrons. The number of likely N-dealkylation sites (tertiary alicyclic amines) is 1. The van der Waals surface area contributed by atoms with Crippen LogP contribution < -0.4 is 4.90 Å². The van der Waals surface area contributed by atoms with E-state index in [1.165, 1.54) is 0 Å². The molecule has 1 amide bonds. The van der Waals surface area contributed by atoms with Crippen molar-refractivity contribution >= 4 is 22.9 Å². The van der Waals surface area contributed by atoms with Gasteiger partial charge in [-0.1, -0.05) is 6.92 Å². The minimum Gasteiger partial charge on any atom is -0.444 e. The SMILES string of the molecule is CC(C)(C)OC(=O)N1CCC2CCN(c3ncnc4[nH]ccc34)C[C@@]2(C)C1. The lowest BCUT2D eigenvalue weighted by molar-refractivity contribution is -0.0125. The van der Waals surface area contributed by atoms with E-state index in [0.717, 1.165) is 55.9 Å². The Morgan fingerprint density at radius 2 is 2.04 bits per heavy atom. The second-order valence-corrected chi connectivity index (χ2v) is 9.19. The van der Waals surface area contributed by atoms with Crippen molar-refractivity contribution in [2.75, 3.05) is 31.1 Å². The van der Waals surface area contributed by atoms with Gasteiger partial charge < -0.3 is 19.5 Å². The average molecular weight is 371 g/mol. The van der Waals surface area contributed by atoms with Crippen molar-refractivity contribution in [2.24, 2.45) is 11.3 Å². The molecule has 2 atom stereocenters. The number of piperidine rings is 2. The highest BCUT2D eigenvalue weighted by molar-refractivity contribution is 5.87. The zero-order chi connectivity index (χ0) is 19.2. The first-order valence-electron chi connectivity index (χ1n) is 9.76. The fourth-order valence-electron chi connectivity index (χ4n) is 4.58. The molecule has 2 fully saturated rings. The van der Waals surface area contributed by atoms with E-state index in [4.69, 9.17) is 4.74 Å². The van der Waals surface area contributed by atoms with Crippen molar-refractivity contribution in [2.45, 2.75) is 46.1 Å². The van der Waals surface area contributed by atoms with Crippen molar-refractivity contribution in [1.29, 1.82) is 0 Å². The molecule has 0 aliphatic carbocycles. The Kier molecular flexibility index (Phi) is 4.28. The molecule has 0 saturated carbocycles. The molecule has 0 aromatic carbocycles. The van der Waals surface area contributed by atoms with Crippen molar-refractivity contribution in [3.63, 3.8) is 0 Å². The number of aromatic amines is 1. The molecule has 1 N–H and O–H groups in total. The molecule has 2 aromatic rings. The molecule has 146 valence electrons. The number of nitrogens with one attached hydrogen (secondary N) is 1. The van der Waals surface area contributed by atoms with Gasteiger partial charge in [0.1, 0.15) is 23.4 Å². The maximum absolute atomic E-state index is 12.6. The van der Waals surface area contributed by atoms with Crippen LogP contribution >= 0.6 is 0 Å². The van der Waals surface area contributed by atoms with Crippen LogP contribution in [0.1, 0.15) is 40.5 Å². The zero-order valence-electron chi connectivity index (χ0n) is 16.7. The van der Waals surface area contributed by atoms with E-state index in [1.54, 1.807) is 6.33 Å². The van der Waals surface area contributed by atoms with Crippen LogP contribution in [0.15, 0.2) is 18.6 Å². The standard InChI is InChI=1S/C20H29N5O2/c1-19(2,3)27-18(26)25-10-7-14-6-9-24(11-20(14,4)12-25)17-15-5-8-21-16(15)22-13-23-17/h5,8,13-14H,6-7,9-12H2,1-4H3,(H,21,22,23)/t14?,20-/m0/s1. The van der Waals surface area contributed by atoms with Gasteiger partial charge in [-0.15, -0.1) is 0 Å². The van der Waals surface area contributed by atoms with Gasteiger partial charge in [-0.05, 0) is 45.6 Å². The Morgan fingerprint density at radius 1 is 1.26 bits per heavy atom. The topological polar surface area (TPSA) is 74.3 Å². The summed E-state index contributed by atoms with van der Waals surface area (Å²) in [5, 5.41) is 1.05. The Labute approximate surface area is 160 Å². The number of ether oxygens (including phenoxy) is 1. The molecular formula is C20H29N5O2. The first kappa shape index (κ1) is 18.1. The third kappa shape index (κ3) is 3.47. The Morgan fingerprint density at radius 3 is 2.81 bits per heavy atom. The third-order valence-corrected chi connectivity index (χ3v) is 5.87. The molecule has 27 heavy (non-hydrogen) atoms. The van der Waals surface area contributed by atoms with Gasteiger partial charge in [0.05, 0.1) is 5.39 Å². The number of fused-ring (bicyclic) bond motifs is 2. The molecular weight excluding hydrogens is 342 g/mol. The van der Waals surface area contributed by atoms with Crippen molar-refractivity contribution in [1.82, 2.24) is 19.9 Å². The summed E-state index contributed by atoms with van der Waals surface area (Å²) in [6, 6.07) is 2.03. The monoisotopic (exact) mass is 371 g/mol. The number of anilines is 1. The van der Waals surface area contributed by atoms with E-state index in [-0.39, 0.29) is 11.5 Å². The highest BCUT2D eigenvalue weighted by atomic mass is 16.6. The predicted octanol–water partition coefficient (Wildman–Crippen LogP) is 3.43. The molecule has 4 rings (SSSR count). The summed E-state index contributed by atoms with van der Waals surface area (Å²) < 4.78 is 5.61. The van der Waals surface area contributed by atoms with Gasteiger partial charge in [-0.2, -0.15) is 0 Å². The fraction of sp³-hybridized carbons (Fsp3) is 0.650. The molecule has 2 aliphatic rings.